The summed E-state index contributed by atoms with van der Waals surface area (Å²) >= 11 is 0. The number of carbonyl (C=O) groups excluding carboxylic acids is 2. The summed E-state index contributed by atoms with van der Waals surface area (Å²) in [6.45, 7) is 7.93. The van der Waals surface area contributed by atoms with Crippen molar-refractivity contribution in [2.75, 3.05) is 10.6 Å². The van der Waals surface area contributed by atoms with Gasteiger partial charge in [0.2, 0.25) is 11.8 Å². The molecule has 30 heavy (non-hydrogen) atoms. The quantitative estimate of drug-likeness (QED) is 0.548. The zero-order valence-electron chi connectivity index (χ0n) is 18.0. The second-order valence-corrected chi connectivity index (χ2v) is 7.97. The summed E-state index contributed by atoms with van der Waals surface area (Å²) in [6, 6.07) is 21.3. The average Bonchev–Trinajstić information content (AvgIpc) is 2.65. The van der Waals surface area contributed by atoms with Gasteiger partial charge in [0.05, 0.1) is 0 Å². The fraction of sp³-hybridized carbons (Fsp3) is 0.231. The molecule has 0 fully saturated rings. The Kier molecular flexibility index (Phi) is 6.68. The third kappa shape index (κ3) is 5.80. The highest BCUT2D eigenvalue weighted by Crippen LogP contribution is 2.19. The van der Waals surface area contributed by atoms with E-state index in [-0.39, 0.29) is 11.8 Å². The Morgan fingerprint density at radius 3 is 1.47 bits per heavy atom. The number of nitrogens with one attached hydrogen (secondary N) is 2. The molecule has 3 aromatic carbocycles. The zero-order valence-corrected chi connectivity index (χ0v) is 18.0. The largest absolute Gasteiger partial charge is 0.325 e. The fourth-order valence-corrected chi connectivity index (χ4v) is 3.71. The molecule has 0 saturated heterocycles. The lowest BCUT2D eigenvalue weighted by Gasteiger charge is -2.18. The second kappa shape index (κ2) is 9.40. The summed E-state index contributed by atoms with van der Waals surface area (Å²) in [4.78, 5) is 26.3. The first-order chi connectivity index (χ1) is 14.3. The van der Waals surface area contributed by atoms with E-state index in [2.05, 4.69) is 10.6 Å². The number of hydrogen-bond donors (Lipinski definition) is 2. The van der Waals surface area contributed by atoms with Crippen LogP contribution in [0.2, 0.25) is 0 Å². The van der Waals surface area contributed by atoms with E-state index in [9.17, 15) is 9.59 Å². The van der Waals surface area contributed by atoms with E-state index < -0.39 is 5.92 Å². The fourth-order valence-electron chi connectivity index (χ4n) is 3.71. The van der Waals surface area contributed by atoms with Crippen molar-refractivity contribution in [3.05, 3.63) is 94.5 Å². The predicted molar refractivity (Wildman–Crippen MR) is 123 cm³/mol. The minimum absolute atomic E-state index is 0.314. The molecule has 0 unspecified atom stereocenters. The number of hydrogen-bond acceptors (Lipinski definition) is 2. The molecule has 3 aromatic rings. The number of benzene rings is 3. The summed E-state index contributed by atoms with van der Waals surface area (Å²) in [5.41, 5.74) is 6.58. The van der Waals surface area contributed by atoms with Crippen molar-refractivity contribution in [2.24, 2.45) is 5.92 Å². The van der Waals surface area contributed by atoms with Crippen LogP contribution in [0.25, 0.3) is 0 Å². The SMILES string of the molecule is Cc1cc(C)cc(NC(=O)C(Cc2ccccc2)C(=O)Nc2cc(C)cc(C)c2)c1. The van der Waals surface area contributed by atoms with Crippen LogP contribution in [0.15, 0.2) is 66.7 Å². The molecule has 0 aliphatic carbocycles. The molecule has 0 heterocycles. The van der Waals surface area contributed by atoms with E-state index in [1.165, 1.54) is 0 Å². The molecule has 0 spiro atoms. The van der Waals surface area contributed by atoms with E-state index >= 15 is 0 Å². The topological polar surface area (TPSA) is 58.2 Å². The molecule has 0 atom stereocenters. The van der Waals surface area contributed by atoms with Crippen molar-refractivity contribution >= 4 is 23.2 Å². The van der Waals surface area contributed by atoms with Crippen LogP contribution < -0.4 is 10.6 Å². The molecule has 154 valence electrons. The highest BCUT2D eigenvalue weighted by molar-refractivity contribution is 6.11. The van der Waals surface area contributed by atoms with Gasteiger partial charge in [-0.3, -0.25) is 9.59 Å². The van der Waals surface area contributed by atoms with Crippen molar-refractivity contribution in [1.29, 1.82) is 0 Å². The molecule has 2 N–H and O–H groups in total. The Labute approximate surface area is 178 Å². The third-order valence-electron chi connectivity index (χ3n) is 4.89. The van der Waals surface area contributed by atoms with Crippen LogP contribution in [0, 0.1) is 33.6 Å². The van der Waals surface area contributed by atoms with Gasteiger partial charge in [-0.2, -0.15) is 0 Å². The lowest BCUT2D eigenvalue weighted by Crippen LogP contribution is -2.35. The van der Waals surface area contributed by atoms with Gasteiger partial charge in [0.15, 0.2) is 0 Å². The highest BCUT2D eigenvalue weighted by atomic mass is 16.2. The number of carbonyl (C=O) groups is 2. The summed E-state index contributed by atoms with van der Waals surface area (Å²) in [7, 11) is 0. The maximum Gasteiger partial charge on any atom is 0.237 e. The Morgan fingerprint density at radius 1 is 0.667 bits per heavy atom. The first-order valence-corrected chi connectivity index (χ1v) is 10.1. The summed E-state index contributed by atoms with van der Waals surface area (Å²) in [6.07, 6.45) is 0.327. The van der Waals surface area contributed by atoms with Crippen LogP contribution in [-0.4, -0.2) is 11.8 Å². The van der Waals surface area contributed by atoms with Gasteiger partial charge >= 0.3 is 0 Å². The summed E-state index contributed by atoms with van der Waals surface area (Å²) in [5, 5.41) is 5.87. The molecule has 4 heteroatoms. The Balaban J connectivity index is 1.85. The molecule has 0 bridgehead atoms. The normalized spacial score (nSPS) is 10.7. The van der Waals surface area contributed by atoms with Crippen molar-refractivity contribution in [3.8, 4) is 0 Å². The molecule has 0 radical (unpaired) electrons. The molecule has 3 rings (SSSR count). The maximum absolute atomic E-state index is 13.1. The van der Waals surface area contributed by atoms with Crippen molar-refractivity contribution in [1.82, 2.24) is 0 Å². The first kappa shape index (κ1) is 21.3. The van der Waals surface area contributed by atoms with Gasteiger partial charge in [0.25, 0.3) is 0 Å². The minimum atomic E-state index is -0.853. The Hall–Kier alpha value is -3.40. The lowest BCUT2D eigenvalue weighted by atomic mass is 9.97. The summed E-state index contributed by atoms with van der Waals surface area (Å²) < 4.78 is 0. The van der Waals surface area contributed by atoms with E-state index in [0.29, 0.717) is 17.8 Å². The van der Waals surface area contributed by atoms with Crippen LogP contribution in [0.4, 0.5) is 11.4 Å². The molecule has 0 aromatic heterocycles. The van der Waals surface area contributed by atoms with E-state index in [1.54, 1.807) is 0 Å². The summed E-state index contributed by atoms with van der Waals surface area (Å²) in [5.74, 6) is -1.48. The molecular weight excluding hydrogens is 372 g/mol. The maximum atomic E-state index is 13.1. The van der Waals surface area contributed by atoms with E-state index in [4.69, 9.17) is 0 Å². The van der Waals surface area contributed by atoms with Gasteiger partial charge in [0, 0.05) is 11.4 Å². The van der Waals surface area contributed by atoms with Crippen molar-refractivity contribution in [3.63, 3.8) is 0 Å². The lowest BCUT2D eigenvalue weighted by molar-refractivity contribution is -0.129. The second-order valence-electron chi connectivity index (χ2n) is 7.97. The van der Waals surface area contributed by atoms with Crippen LogP contribution in [0.3, 0.4) is 0 Å². The number of aryl methyl sites for hydroxylation is 4. The van der Waals surface area contributed by atoms with E-state index in [1.807, 2.05) is 94.4 Å². The molecular formula is C26H28N2O2. The molecule has 0 aliphatic heterocycles. The standard InChI is InChI=1S/C26H28N2O2/c1-17-10-18(2)13-22(12-17)27-25(29)24(16-21-8-6-5-7-9-21)26(30)28-23-14-19(3)11-20(4)15-23/h5-15,24H,16H2,1-4H3,(H,27,29)(H,28,30). The smallest absolute Gasteiger partial charge is 0.237 e. The first-order valence-electron chi connectivity index (χ1n) is 10.1. The van der Waals surface area contributed by atoms with Gasteiger partial charge < -0.3 is 10.6 Å². The minimum Gasteiger partial charge on any atom is -0.325 e. The molecule has 4 nitrogen and oxygen atoms in total. The molecule has 2 amide bonds. The number of amides is 2. The predicted octanol–water partition coefficient (Wildman–Crippen LogP) is 5.36. The Bertz CT molecular complexity index is 952. The number of anilines is 2. The average molecular weight is 401 g/mol. The molecule has 0 aliphatic rings. The van der Waals surface area contributed by atoms with Crippen LogP contribution in [0.5, 0.6) is 0 Å². The van der Waals surface area contributed by atoms with Crippen LogP contribution >= 0.6 is 0 Å². The highest BCUT2D eigenvalue weighted by Gasteiger charge is 2.27. The number of rotatable bonds is 6. The van der Waals surface area contributed by atoms with Gasteiger partial charge in [0.1, 0.15) is 5.92 Å². The van der Waals surface area contributed by atoms with Crippen LogP contribution in [0.1, 0.15) is 27.8 Å². The van der Waals surface area contributed by atoms with Gasteiger partial charge in [-0.25, -0.2) is 0 Å². The van der Waals surface area contributed by atoms with E-state index in [0.717, 1.165) is 27.8 Å². The monoisotopic (exact) mass is 400 g/mol. The van der Waals surface area contributed by atoms with Gasteiger partial charge in [-0.1, -0.05) is 42.5 Å². The van der Waals surface area contributed by atoms with Gasteiger partial charge in [-0.15, -0.1) is 0 Å². The zero-order chi connectivity index (χ0) is 21.7. The van der Waals surface area contributed by atoms with Gasteiger partial charge in [-0.05, 0) is 86.2 Å². The van der Waals surface area contributed by atoms with Crippen molar-refractivity contribution < 1.29 is 9.59 Å². The van der Waals surface area contributed by atoms with Crippen LogP contribution in [-0.2, 0) is 16.0 Å². The third-order valence-corrected chi connectivity index (χ3v) is 4.89. The Morgan fingerprint density at radius 2 is 1.07 bits per heavy atom. The van der Waals surface area contributed by atoms with Crippen molar-refractivity contribution in [2.45, 2.75) is 34.1 Å². The molecule has 0 saturated carbocycles.